The summed E-state index contributed by atoms with van der Waals surface area (Å²) in [7, 11) is 1.68. The third-order valence-electron chi connectivity index (χ3n) is 1.85. The molecule has 0 aliphatic rings. The van der Waals surface area contributed by atoms with Gasteiger partial charge in [-0.2, -0.15) is 0 Å². The topological polar surface area (TPSA) is 31.4 Å². The minimum atomic E-state index is 0.665. The molecule has 80 valence electrons. The number of hydrogen-bond donors (Lipinski definition) is 0. The summed E-state index contributed by atoms with van der Waals surface area (Å²) < 4.78 is 10.2. The predicted octanol–water partition coefficient (Wildman–Crippen LogP) is 1.91. The lowest BCUT2D eigenvalue weighted by atomic mass is 10.4. The van der Waals surface area contributed by atoms with E-state index >= 15 is 0 Å². The number of aromatic nitrogens is 1. The van der Waals surface area contributed by atoms with Gasteiger partial charge in [0.05, 0.1) is 30.5 Å². The summed E-state index contributed by atoms with van der Waals surface area (Å²) in [6.07, 6.45) is 1.93. The highest BCUT2D eigenvalue weighted by atomic mass is 32.1. The quantitative estimate of drug-likeness (QED) is 0.651. The Morgan fingerprint density at radius 1 is 1.36 bits per heavy atom. The van der Waals surface area contributed by atoms with Gasteiger partial charge in [-0.15, -0.1) is 11.3 Å². The van der Waals surface area contributed by atoms with E-state index in [1.807, 2.05) is 0 Å². The van der Waals surface area contributed by atoms with Gasteiger partial charge in [0.25, 0.3) is 0 Å². The van der Waals surface area contributed by atoms with Crippen molar-refractivity contribution in [2.45, 2.75) is 19.8 Å². The average molecular weight is 215 g/mol. The number of nitrogens with zero attached hydrogens (tertiary/aromatic N) is 1. The summed E-state index contributed by atoms with van der Waals surface area (Å²) in [5.41, 5.74) is 1.18. The molecular formula is C10H17NO2S. The average Bonchev–Trinajstić information content (AvgIpc) is 2.65. The van der Waals surface area contributed by atoms with Gasteiger partial charge in [0.2, 0.25) is 0 Å². The van der Waals surface area contributed by atoms with Crippen LogP contribution in [0.3, 0.4) is 0 Å². The number of ether oxygens (including phenoxy) is 2. The molecule has 1 aromatic rings. The van der Waals surface area contributed by atoms with Crippen LogP contribution >= 0.6 is 11.3 Å². The zero-order valence-electron chi connectivity index (χ0n) is 8.78. The van der Waals surface area contributed by atoms with Crippen molar-refractivity contribution in [3.05, 3.63) is 16.1 Å². The zero-order valence-corrected chi connectivity index (χ0v) is 9.60. The number of methoxy groups -OCH3 is 1. The first-order chi connectivity index (χ1) is 6.86. The van der Waals surface area contributed by atoms with Crippen LogP contribution in [0.2, 0.25) is 0 Å². The monoisotopic (exact) mass is 215 g/mol. The number of hydrogen-bond acceptors (Lipinski definition) is 4. The van der Waals surface area contributed by atoms with Crippen molar-refractivity contribution in [1.82, 2.24) is 4.98 Å². The third-order valence-corrected chi connectivity index (χ3v) is 2.81. The highest BCUT2D eigenvalue weighted by molar-refractivity contribution is 7.09. The van der Waals surface area contributed by atoms with Gasteiger partial charge in [-0.3, -0.25) is 0 Å². The summed E-state index contributed by atoms with van der Waals surface area (Å²) in [4.78, 5) is 4.45. The molecule has 0 amide bonds. The molecule has 0 aromatic carbocycles. The van der Waals surface area contributed by atoms with E-state index in [2.05, 4.69) is 17.3 Å². The van der Waals surface area contributed by atoms with E-state index in [1.165, 1.54) is 10.7 Å². The van der Waals surface area contributed by atoms with Gasteiger partial charge in [-0.1, -0.05) is 6.92 Å². The molecule has 0 aliphatic heterocycles. The molecule has 0 radical (unpaired) electrons. The number of rotatable bonds is 7. The molecule has 0 aliphatic carbocycles. The van der Waals surface area contributed by atoms with Gasteiger partial charge in [0.1, 0.15) is 0 Å². The molecule has 1 heterocycles. The normalized spacial score (nSPS) is 10.7. The van der Waals surface area contributed by atoms with Crippen LogP contribution in [0.4, 0.5) is 0 Å². The van der Waals surface area contributed by atoms with Crippen LogP contribution in [-0.4, -0.2) is 31.9 Å². The summed E-state index contributed by atoms with van der Waals surface area (Å²) in [6, 6.07) is 0. The predicted molar refractivity (Wildman–Crippen MR) is 57.9 cm³/mol. The molecular weight excluding hydrogens is 198 g/mol. The van der Waals surface area contributed by atoms with Crippen LogP contribution < -0.4 is 0 Å². The van der Waals surface area contributed by atoms with Crippen molar-refractivity contribution in [3.8, 4) is 0 Å². The van der Waals surface area contributed by atoms with E-state index in [1.54, 1.807) is 18.4 Å². The van der Waals surface area contributed by atoms with E-state index < -0.39 is 0 Å². The molecule has 4 heteroatoms. The Morgan fingerprint density at radius 2 is 2.21 bits per heavy atom. The first-order valence-electron chi connectivity index (χ1n) is 4.86. The third kappa shape index (κ3) is 4.17. The van der Waals surface area contributed by atoms with Crippen molar-refractivity contribution in [3.63, 3.8) is 0 Å². The largest absolute Gasteiger partial charge is 0.382 e. The van der Waals surface area contributed by atoms with Crippen molar-refractivity contribution in [2.75, 3.05) is 26.9 Å². The Bertz CT molecular complexity index is 250. The first kappa shape index (κ1) is 11.6. The molecule has 0 saturated heterocycles. The molecule has 0 spiro atoms. The van der Waals surface area contributed by atoms with Gasteiger partial charge in [0.15, 0.2) is 0 Å². The van der Waals surface area contributed by atoms with Gasteiger partial charge in [-0.05, 0) is 6.42 Å². The van der Waals surface area contributed by atoms with Crippen LogP contribution in [0.25, 0.3) is 0 Å². The Balaban J connectivity index is 2.12. The molecule has 0 atom stereocenters. The van der Waals surface area contributed by atoms with E-state index in [9.17, 15) is 0 Å². The van der Waals surface area contributed by atoms with Crippen molar-refractivity contribution in [2.24, 2.45) is 0 Å². The zero-order chi connectivity index (χ0) is 10.2. The first-order valence-corrected chi connectivity index (χ1v) is 5.74. The standard InChI is InChI=1S/C10H17NO2S/c1-3-9-8-14-10(11-9)4-5-13-7-6-12-2/h8H,3-7H2,1-2H3. The number of aryl methyl sites for hydroxylation is 1. The number of thiazole rings is 1. The summed E-state index contributed by atoms with van der Waals surface area (Å²) >= 11 is 1.72. The highest BCUT2D eigenvalue weighted by Crippen LogP contribution is 2.10. The smallest absolute Gasteiger partial charge is 0.0951 e. The van der Waals surface area contributed by atoms with E-state index in [-0.39, 0.29) is 0 Å². The van der Waals surface area contributed by atoms with Gasteiger partial charge in [-0.25, -0.2) is 4.98 Å². The fourth-order valence-electron chi connectivity index (χ4n) is 1.03. The maximum absolute atomic E-state index is 5.36. The van der Waals surface area contributed by atoms with Crippen molar-refractivity contribution in [1.29, 1.82) is 0 Å². The van der Waals surface area contributed by atoms with Gasteiger partial charge in [0, 0.05) is 18.9 Å². The van der Waals surface area contributed by atoms with Gasteiger partial charge >= 0.3 is 0 Å². The molecule has 1 rings (SSSR count). The molecule has 3 nitrogen and oxygen atoms in total. The highest BCUT2D eigenvalue weighted by Gasteiger charge is 1.99. The molecule has 0 N–H and O–H groups in total. The molecule has 0 saturated carbocycles. The molecule has 0 unspecified atom stereocenters. The summed E-state index contributed by atoms with van der Waals surface area (Å²) in [6.45, 7) is 4.19. The maximum Gasteiger partial charge on any atom is 0.0951 e. The van der Waals surface area contributed by atoms with E-state index in [0.29, 0.717) is 13.2 Å². The van der Waals surface area contributed by atoms with Crippen molar-refractivity contribution < 1.29 is 9.47 Å². The lowest BCUT2D eigenvalue weighted by molar-refractivity contribution is 0.0722. The van der Waals surface area contributed by atoms with E-state index in [4.69, 9.17) is 9.47 Å². The van der Waals surface area contributed by atoms with Crippen LogP contribution in [0.1, 0.15) is 17.6 Å². The minimum Gasteiger partial charge on any atom is -0.382 e. The molecule has 0 bridgehead atoms. The molecule has 0 fully saturated rings. The van der Waals surface area contributed by atoms with Crippen LogP contribution in [0.5, 0.6) is 0 Å². The maximum atomic E-state index is 5.36. The molecule has 1 aromatic heterocycles. The van der Waals surface area contributed by atoms with Gasteiger partial charge < -0.3 is 9.47 Å². The minimum absolute atomic E-state index is 0.665. The second kappa shape index (κ2) is 6.92. The van der Waals surface area contributed by atoms with Crippen molar-refractivity contribution >= 4 is 11.3 Å². The Kier molecular flexibility index (Phi) is 5.75. The van der Waals surface area contributed by atoms with Crippen LogP contribution in [-0.2, 0) is 22.3 Å². The lowest BCUT2D eigenvalue weighted by Crippen LogP contribution is -2.04. The summed E-state index contributed by atoms with van der Waals surface area (Å²) in [5, 5.41) is 3.28. The van der Waals surface area contributed by atoms with Crippen LogP contribution in [0.15, 0.2) is 5.38 Å². The second-order valence-electron chi connectivity index (χ2n) is 2.94. The Hall–Kier alpha value is -0.450. The van der Waals surface area contributed by atoms with E-state index in [0.717, 1.165) is 19.4 Å². The Morgan fingerprint density at radius 3 is 2.86 bits per heavy atom. The second-order valence-corrected chi connectivity index (χ2v) is 3.88. The fourth-order valence-corrected chi connectivity index (χ4v) is 1.89. The SMILES string of the molecule is CCc1csc(CCOCCOC)n1. The molecule has 14 heavy (non-hydrogen) atoms. The Labute approximate surface area is 89.1 Å². The fraction of sp³-hybridized carbons (Fsp3) is 0.700. The lowest BCUT2D eigenvalue weighted by Gasteiger charge is -2.00. The summed E-state index contributed by atoms with van der Waals surface area (Å²) in [5.74, 6) is 0. The van der Waals surface area contributed by atoms with Crippen LogP contribution in [0, 0.1) is 0 Å².